The molecule has 4 aliphatic rings. The van der Waals surface area contributed by atoms with Crippen molar-refractivity contribution in [1.29, 1.82) is 5.26 Å². The van der Waals surface area contributed by atoms with Crippen LogP contribution < -0.4 is 5.32 Å². The third-order valence-corrected chi connectivity index (χ3v) is 7.36. The monoisotopic (exact) mass is 416 g/mol. The van der Waals surface area contributed by atoms with Crippen LogP contribution in [0.5, 0.6) is 0 Å². The first-order valence-corrected chi connectivity index (χ1v) is 11.3. The molecule has 2 saturated heterocycles. The van der Waals surface area contributed by atoms with Crippen molar-refractivity contribution in [3.63, 3.8) is 0 Å². The van der Waals surface area contributed by atoms with E-state index in [1.165, 1.54) is 0 Å². The summed E-state index contributed by atoms with van der Waals surface area (Å²) < 4.78 is 5.75. The van der Waals surface area contributed by atoms with Gasteiger partial charge in [0.2, 0.25) is 5.91 Å². The summed E-state index contributed by atoms with van der Waals surface area (Å²) in [7, 11) is 2.06. The molecular formula is C22H32N4O4. The van der Waals surface area contributed by atoms with Gasteiger partial charge in [-0.15, -0.1) is 0 Å². The summed E-state index contributed by atoms with van der Waals surface area (Å²) in [6, 6.07) is 0.833. The van der Waals surface area contributed by atoms with Crippen LogP contribution in [-0.2, 0) is 14.3 Å². The Labute approximate surface area is 177 Å². The van der Waals surface area contributed by atoms with E-state index in [-0.39, 0.29) is 29.1 Å². The maximum atomic E-state index is 13.0. The molecule has 2 heterocycles. The second-order valence-corrected chi connectivity index (χ2v) is 9.72. The zero-order valence-corrected chi connectivity index (χ0v) is 17.8. The number of amides is 2. The molecular weight excluding hydrogens is 384 g/mol. The predicted octanol–water partition coefficient (Wildman–Crippen LogP) is 1.84. The van der Waals surface area contributed by atoms with Crippen LogP contribution in [0, 0.1) is 22.7 Å². The number of hydrogen-bond acceptors (Lipinski definition) is 6. The number of nitriles is 1. The first kappa shape index (κ1) is 21.1. The fourth-order valence-electron chi connectivity index (χ4n) is 5.17. The van der Waals surface area contributed by atoms with Crippen LogP contribution in [0.15, 0.2) is 0 Å². The third kappa shape index (κ3) is 4.61. The number of rotatable bonds is 5. The highest BCUT2D eigenvalue weighted by atomic mass is 16.6. The summed E-state index contributed by atoms with van der Waals surface area (Å²) in [5.41, 5.74) is 0.0391. The van der Waals surface area contributed by atoms with Gasteiger partial charge >= 0.3 is 6.09 Å². The molecule has 0 aromatic rings. The lowest BCUT2D eigenvalue weighted by Gasteiger charge is -2.31. The Balaban J connectivity index is 1.36. The number of nitrogens with zero attached hydrogens (tertiary/aromatic N) is 3. The summed E-state index contributed by atoms with van der Waals surface area (Å²) in [5, 5.41) is 12.3. The number of likely N-dealkylation sites (tertiary alicyclic amines) is 2. The van der Waals surface area contributed by atoms with Crippen LogP contribution in [0.3, 0.4) is 0 Å². The van der Waals surface area contributed by atoms with Crippen LogP contribution in [-0.4, -0.2) is 72.5 Å². The summed E-state index contributed by atoms with van der Waals surface area (Å²) in [4.78, 5) is 41.6. The van der Waals surface area contributed by atoms with Crippen molar-refractivity contribution in [1.82, 2.24) is 15.1 Å². The Morgan fingerprint density at radius 2 is 2.03 bits per heavy atom. The molecule has 2 amide bonds. The molecule has 0 aromatic heterocycles. The Morgan fingerprint density at radius 1 is 1.30 bits per heavy atom. The number of nitrogens with one attached hydrogen (secondary N) is 1. The molecule has 30 heavy (non-hydrogen) atoms. The average Bonchev–Trinajstić information content (AvgIpc) is 3.18. The lowest BCUT2D eigenvalue weighted by molar-refractivity contribution is -0.126. The molecule has 1 spiro atoms. The minimum atomic E-state index is -0.702. The van der Waals surface area contributed by atoms with E-state index in [9.17, 15) is 19.6 Å². The van der Waals surface area contributed by atoms with Gasteiger partial charge in [-0.3, -0.25) is 14.5 Å². The van der Waals surface area contributed by atoms with Crippen molar-refractivity contribution >= 4 is 17.8 Å². The smallest absolute Gasteiger partial charge is 0.410 e. The SMILES string of the molecule is CN1CCC(OC(=O)N2CC3(CC3)CC2C(=O)NC(C#N)CC2CCCC2=O)CC1. The van der Waals surface area contributed by atoms with E-state index in [4.69, 9.17) is 4.74 Å². The third-order valence-electron chi connectivity index (χ3n) is 7.36. The predicted molar refractivity (Wildman–Crippen MR) is 108 cm³/mol. The standard InChI is InChI=1S/C22H32N4O4/c1-25-9-5-17(6-10-25)30-21(29)26-14-22(7-8-22)12-18(26)20(28)24-16(13-23)11-15-3-2-4-19(15)27/h15-18H,2-12,14H2,1H3,(H,24,28). The molecule has 8 nitrogen and oxygen atoms in total. The number of Topliss-reactive ketones (excluding diaryl/α,β-unsaturated/α-hetero) is 1. The molecule has 3 atom stereocenters. The highest BCUT2D eigenvalue weighted by molar-refractivity contribution is 5.87. The molecule has 0 bridgehead atoms. The van der Waals surface area contributed by atoms with Gasteiger partial charge in [0, 0.05) is 32.0 Å². The maximum absolute atomic E-state index is 13.0. The number of carbonyl (C=O) groups excluding carboxylic acids is 3. The summed E-state index contributed by atoms with van der Waals surface area (Å²) in [6.45, 7) is 2.35. The highest BCUT2D eigenvalue weighted by Crippen LogP contribution is 2.55. The molecule has 2 saturated carbocycles. The first-order valence-electron chi connectivity index (χ1n) is 11.3. The second kappa shape index (κ2) is 8.54. The van der Waals surface area contributed by atoms with Gasteiger partial charge in [0.05, 0.1) is 6.07 Å². The normalized spacial score (nSPS) is 29.6. The van der Waals surface area contributed by atoms with Crippen molar-refractivity contribution in [2.75, 3.05) is 26.7 Å². The van der Waals surface area contributed by atoms with Gasteiger partial charge in [-0.05, 0) is 63.8 Å². The van der Waals surface area contributed by atoms with E-state index >= 15 is 0 Å². The molecule has 2 aliphatic carbocycles. The topological polar surface area (TPSA) is 103 Å². The lowest BCUT2D eigenvalue weighted by Crippen LogP contribution is -2.50. The van der Waals surface area contributed by atoms with Crippen molar-refractivity contribution in [3.05, 3.63) is 0 Å². The molecule has 3 unspecified atom stereocenters. The number of ether oxygens (including phenoxy) is 1. The largest absolute Gasteiger partial charge is 0.446 e. The van der Waals surface area contributed by atoms with E-state index in [1.54, 1.807) is 4.90 Å². The zero-order chi connectivity index (χ0) is 21.3. The maximum Gasteiger partial charge on any atom is 0.410 e. The number of ketones is 1. The van der Waals surface area contributed by atoms with Gasteiger partial charge in [0.25, 0.3) is 0 Å². The van der Waals surface area contributed by atoms with E-state index in [0.29, 0.717) is 25.8 Å². The van der Waals surface area contributed by atoms with Gasteiger partial charge < -0.3 is 15.0 Å². The van der Waals surface area contributed by atoms with Crippen molar-refractivity contribution < 1.29 is 19.1 Å². The molecule has 8 heteroatoms. The number of carbonyl (C=O) groups is 3. The number of hydrogen-bond donors (Lipinski definition) is 1. The molecule has 2 aliphatic heterocycles. The Bertz CT molecular complexity index is 736. The van der Waals surface area contributed by atoms with E-state index in [0.717, 1.165) is 51.6 Å². The molecule has 164 valence electrons. The highest BCUT2D eigenvalue weighted by Gasteiger charge is 2.56. The molecule has 4 fully saturated rings. The van der Waals surface area contributed by atoms with Crippen LogP contribution in [0.1, 0.15) is 57.8 Å². The summed E-state index contributed by atoms with van der Waals surface area (Å²) >= 11 is 0. The summed E-state index contributed by atoms with van der Waals surface area (Å²) in [6.07, 6.45) is 6.35. The van der Waals surface area contributed by atoms with Gasteiger partial charge in [-0.1, -0.05) is 0 Å². The van der Waals surface area contributed by atoms with Crippen molar-refractivity contribution in [2.45, 2.75) is 76.0 Å². The van der Waals surface area contributed by atoms with Gasteiger partial charge in [0.15, 0.2) is 0 Å². The quantitative estimate of drug-likeness (QED) is 0.734. The van der Waals surface area contributed by atoms with Gasteiger partial charge in [0.1, 0.15) is 24.0 Å². The molecule has 0 radical (unpaired) electrons. The lowest BCUT2D eigenvalue weighted by atomic mass is 9.97. The number of piperidine rings is 1. The van der Waals surface area contributed by atoms with E-state index in [1.807, 2.05) is 0 Å². The Morgan fingerprint density at radius 3 is 2.63 bits per heavy atom. The van der Waals surface area contributed by atoms with Crippen molar-refractivity contribution in [2.24, 2.45) is 11.3 Å². The Hall–Kier alpha value is -2.14. The zero-order valence-electron chi connectivity index (χ0n) is 17.8. The minimum Gasteiger partial charge on any atom is -0.446 e. The van der Waals surface area contributed by atoms with Crippen LogP contribution in [0.25, 0.3) is 0 Å². The van der Waals surface area contributed by atoms with Crippen LogP contribution in [0.4, 0.5) is 4.79 Å². The van der Waals surface area contributed by atoms with Crippen LogP contribution in [0.2, 0.25) is 0 Å². The second-order valence-electron chi connectivity index (χ2n) is 9.72. The molecule has 0 aromatic carbocycles. The van der Waals surface area contributed by atoms with E-state index in [2.05, 4.69) is 23.3 Å². The van der Waals surface area contributed by atoms with Crippen molar-refractivity contribution in [3.8, 4) is 6.07 Å². The fourth-order valence-corrected chi connectivity index (χ4v) is 5.17. The Kier molecular flexibility index (Phi) is 6.01. The minimum absolute atomic E-state index is 0.0391. The summed E-state index contributed by atoms with van der Waals surface area (Å²) in [5.74, 6) is -0.250. The first-order chi connectivity index (χ1) is 14.4. The molecule has 1 N–H and O–H groups in total. The van der Waals surface area contributed by atoms with Gasteiger partial charge in [-0.2, -0.15) is 5.26 Å². The van der Waals surface area contributed by atoms with Crippen LogP contribution >= 0.6 is 0 Å². The van der Waals surface area contributed by atoms with E-state index < -0.39 is 18.2 Å². The molecule has 4 rings (SSSR count). The average molecular weight is 417 g/mol. The fraction of sp³-hybridized carbons (Fsp3) is 0.818. The van der Waals surface area contributed by atoms with Gasteiger partial charge in [-0.25, -0.2) is 4.79 Å².